The summed E-state index contributed by atoms with van der Waals surface area (Å²) in [5.41, 5.74) is -1.11. The maximum Gasteiger partial charge on any atom is 0.277 e. The predicted molar refractivity (Wildman–Crippen MR) is 66.0 cm³/mol. The van der Waals surface area contributed by atoms with E-state index in [0.29, 0.717) is 13.2 Å². The first-order chi connectivity index (χ1) is 7.68. The zero-order valence-electron chi connectivity index (χ0n) is 10.9. The van der Waals surface area contributed by atoms with Crippen molar-refractivity contribution in [2.24, 2.45) is 0 Å². The average molecular weight is 269 g/mol. The average Bonchev–Trinajstić information content (AvgIpc) is 2.14. The SMILES string of the molecule is COCCNS(=O)(=O)NCC(C)(O)CN(C)C. The van der Waals surface area contributed by atoms with Gasteiger partial charge in [0.05, 0.1) is 12.2 Å². The number of methoxy groups -OCH3 is 1. The standard InChI is InChI=1S/C9H23N3O4S/c1-9(13,8-12(2)3)7-11-17(14,15)10-5-6-16-4/h10-11,13H,5-8H2,1-4H3. The largest absolute Gasteiger partial charge is 0.387 e. The molecule has 0 aromatic rings. The van der Waals surface area contributed by atoms with Crippen LogP contribution in [0.4, 0.5) is 0 Å². The van der Waals surface area contributed by atoms with Gasteiger partial charge in [0, 0.05) is 26.7 Å². The summed E-state index contributed by atoms with van der Waals surface area (Å²) in [4.78, 5) is 1.78. The summed E-state index contributed by atoms with van der Waals surface area (Å²) in [6, 6.07) is 0. The molecule has 3 N–H and O–H groups in total. The van der Waals surface area contributed by atoms with E-state index in [-0.39, 0.29) is 13.1 Å². The smallest absolute Gasteiger partial charge is 0.277 e. The molecule has 1 atom stereocenters. The van der Waals surface area contributed by atoms with Crippen molar-refractivity contribution in [3.05, 3.63) is 0 Å². The van der Waals surface area contributed by atoms with Crippen molar-refractivity contribution in [1.29, 1.82) is 0 Å². The lowest BCUT2D eigenvalue weighted by atomic mass is 10.1. The predicted octanol–water partition coefficient (Wildman–Crippen LogP) is -1.63. The van der Waals surface area contributed by atoms with E-state index in [4.69, 9.17) is 4.74 Å². The summed E-state index contributed by atoms with van der Waals surface area (Å²) in [6.45, 7) is 2.39. The molecule has 0 aromatic heterocycles. The molecular weight excluding hydrogens is 246 g/mol. The van der Waals surface area contributed by atoms with Crippen molar-refractivity contribution in [3.63, 3.8) is 0 Å². The Hall–Kier alpha value is -0.250. The zero-order chi connectivity index (χ0) is 13.5. The second kappa shape index (κ2) is 7.24. The van der Waals surface area contributed by atoms with Gasteiger partial charge in [-0.3, -0.25) is 0 Å². The summed E-state index contributed by atoms with van der Waals surface area (Å²) in [5, 5.41) is 9.90. The highest BCUT2D eigenvalue weighted by Gasteiger charge is 2.23. The van der Waals surface area contributed by atoms with Gasteiger partial charge >= 0.3 is 0 Å². The van der Waals surface area contributed by atoms with Gasteiger partial charge in [-0.1, -0.05) is 0 Å². The third-order valence-electron chi connectivity index (χ3n) is 1.90. The molecule has 17 heavy (non-hydrogen) atoms. The minimum absolute atomic E-state index is 0.0481. The molecule has 0 rings (SSSR count). The molecule has 0 aliphatic heterocycles. The Morgan fingerprint density at radius 3 is 2.41 bits per heavy atom. The Labute approximate surface area is 103 Å². The second-order valence-corrected chi connectivity index (χ2v) is 6.03. The van der Waals surface area contributed by atoms with Gasteiger partial charge in [-0.2, -0.15) is 17.9 Å². The fourth-order valence-corrected chi connectivity index (χ4v) is 2.27. The maximum atomic E-state index is 11.4. The third kappa shape index (κ3) is 9.45. The lowest BCUT2D eigenvalue weighted by Crippen LogP contribution is -2.49. The number of aliphatic hydroxyl groups is 1. The maximum absolute atomic E-state index is 11.4. The number of nitrogens with zero attached hydrogens (tertiary/aromatic N) is 1. The van der Waals surface area contributed by atoms with Crippen molar-refractivity contribution >= 4 is 10.2 Å². The molecule has 0 saturated heterocycles. The summed E-state index contributed by atoms with van der Waals surface area (Å²) in [5.74, 6) is 0. The van der Waals surface area contributed by atoms with Crippen molar-refractivity contribution in [3.8, 4) is 0 Å². The number of hydrogen-bond acceptors (Lipinski definition) is 5. The molecule has 0 aromatic carbocycles. The molecule has 0 bridgehead atoms. The highest BCUT2D eigenvalue weighted by Crippen LogP contribution is 2.02. The molecular formula is C9H23N3O4S. The van der Waals surface area contributed by atoms with Crippen LogP contribution in [0.2, 0.25) is 0 Å². The second-order valence-electron chi connectivity index (χ2n) is 4.45. The lowest BCUT2D eigenvalue weighted by Gasteiger charge is -2.26. The Kier molecular flexibility index (Phi) is 7.14. The van der Waals surface area contributed by atoms with Gasteiger partial charge in [0.1, 0.15) is 0 Å². The first-order valence-electron chi connectivity index (χ1n) is 5.29. The van der Waals surface area contributed by atoms with Crippen molar-refractivity contribution in [2.45, 2.75) is 12.5 Å². The van der Waals surface area contributed by atoms with Crippen LogP contribution >= 0.6 is 0 Å². The van der Waals surface area contributed by atoms with Crippen LogP contribution in [0.5, 0.6) is 0 Å². The van der Waals surface area contributed by atoms with Crippen LogP contribution in [-0.2, 0) is 14.9 Å². The van der Waals surface area contributed by atoms with E-state index in [1.807, 2.05) is 0 Å². The summed E-state index contributed by atoms with van der Waals surface area (Å²) in [6.07, 6.45) is 0. The number of rotatable bonds is 9. The van der Waals surface area contributed by atoms with E-state index in [1.165, 1.54) is 7.11 Å². The molecule has 0 aliphatic carbocycles. The minimum atomic E-state index is -3.58. The van der Waals surface area contributed by atoms with E-state index < -0.39 is 15.8 Å². The van der Waals surface area contributed by atoms with E-state index >= 15 is 0 Å². The molecule has 0 fully saturated rings. The monoisotopic (exact) mass is 269 g/mol. The van der Waals surface area contributed by atoms with Gasteiger partial charge in [0.2, 0.25) is 0 Å². The van der Waals surface area contributed by atoms with Gasteiger partial charge < -0.3 is 14.7 Å². The number of ether oxygens (including phenoxy) is 1. The summed E-state index contributed by atoms with van der Waals surface area (Å²) < 4.78 is 32.2. The number of nitrogens with one attached hydrogen (secondary N) is 2. The molecule has 0 heterocycles. The Bertz CT molecular complexity index is 303. The first-order valence-corrected chi connectivity index (χ1v) is 6.77. The van der Waals surface area contributed by atoms with Gasteiger partial charge in [0.25, 0.3) is 10.2 Å². The number of likely N-dealkylation sites (N-methyl/N-ethyl adjacent to an activating group) is 1. The number of hydrogen-bond donors (Lipinski definition) is 3. The van der Waals surface area contributed by atoms with E-state index in [9.17, 15) is 13.5 Å². The van der Waals surface area contributed by atoms with Crippen LogP contribution in [0.15, 0.2) is 0 Å². The minimum Gasteiger partial charge on any atom is -0.387 e. The summed E-state index contributed by atoms with van der Waals surface area (Å²) >= 11 is 0. The fraction of sp³-hybridized carbons (Fsp3) is 1.00. The van der Waals surface area contributed by atoms with Crippen molar-refractivity contribution < 1.29 is 18.3 Å². The highest BCUT2D eigenvalue weighted by molar-refractivity contribution is 7.87. The Morgan fingerprint density at radius 2 is 1.94 bits per heavy atom. The molecule has 104 valence electrons. The van der Waals surface area contributed by atoms with Crippen LogP contribution < -0.4 is 9.44 Å². The van der Waals surface area contributed by atoms with Crippen LogP contribution in [0.3, 0.4) is 0 Å². The third-order valence-corrected chi connectivity index (χ3v) is 3.01. The Balaban J connectivity index is 4.08. The van der Waals surface area contributed by atoms with Crippen LogP contribution in [0.25, 0.3) is 0 Å². The molecule has 0 aliphatic rings. The van der Waals surface area contributed by atoms with Crippen molar-refractivity contribution in [1.82, 2.24) is 14.3 Å². The molecule has 7 nitrogen and oxygen atoms in total. The molecule has 8 heteroatoms. The van der Waals surface area contributed by atoms with Gasteiger partial charge in [-0.15, -0.1) is 0 Å². The lowest BCUT2D eigenvalue weighted by molar-refractivity contribution is 0.0385. The molecule has 0 spiro atoms. The quantitative estimate of drug-likeness (QED) is 0.437. The van der Waals surface area contributed by atoms with E-state index in [2.05, 4.69) is 9.44 Å². The topological polar surface area (TPSA) is 90.9 Å². The zero-order valence-corrected chi connectivity index (χ0v) is 11.7. The van der Waals surface area contributed by atoms with Crippen LogP contribution in [0.1, 0.15) is 6.92 Å². The van der Waals surface area contributed by atoms with E-state index in [0.717, 1.165) is 0 Å². The molecule has 1 unspecified atom stereocenters. The van der Waals surface area contributed by atoms with Gasteiger partial charge in [0.15, 0.2) is 0 Å². The summed E-state index contributed by atoms with van der Waals surface area (Å²) in [7, 11) is 1.52. The fourth-order valence-electron chi connectivity index (χ4n) is 1.32. The molecule has 0 radical (unpaired) electrons. The van der Waals surface area contributed by atoms with Crippen LogP contribution in [0, 0.1) is 0 Å². The van der Waals surface area contributed by atoms with Crippen LogP contribution in [-0.4, -0.2) is 71.5 Å². The normalized spacial score (nSPS) is 16.1. The van der Waals surface area contributed by atoms with Gasteiger partial charge in [-0.05, 0) is 21.0 Å². The molecule has 0 amide bonds. The highest BCUT2D eigenvalue weighted by atomic mass is 32.2. The molecule has 0 saturated carbocycles. The van der Waals surface area contributed by atoms with Gasteiger partial charge in [-0.25, -0.2) is 0 Å². The Morgan fingerprint density at radius 1 is 1.35 bits per heavy atom. The van der Waals surface area contributed by atoms with Crippen molar-refractivity contribution in [2.75, 3.05) is 47.4 Å². The first kappa shape index (κ1) is 16.8. The van der Waals surface area contributed by atoms with E-state index in [1.54, 1.807) is 25.9 Å².